The first-order chi connectivity index (χ1) is 11.0. The van der Waals surface area contributed by atoms with Crippen LogP contribution in [0.5, 0.6) is 0 Å². The van der Waals surface area contributed by atoms with Gasteiger partial charge in [-0.15, -0.1) is 0 Å². The molecule has 1 saturated carbocycles. The first kappa shape index (κ1) is 14.2. The second-order valence-corrected chi connectivity index (χ2v) is 6.36. The normalized spacial score (nSPS) is 31.1. The molecule has 1 aromatic rings. The summed E-state index contributed by atoms with van der Waals surface area (Å²) < 4.78 is 10.00. The van der Waals surface area contributed by atoms with Gasteiger partial charge in [-0.3, -0.25) is 19.3 Å². The van der Waals surface area contributed by atoms with E-state index in [9.17, 15) is 14.4 Å². The van der Waals surface area contributed by atoms with Crippen molar-refractivity contribution >= 4 is 17.8 Å². The number of nitrogens with zero attached hydrogens (tertiary/aromatic N) is 2. The zero-order chi connectivity index (χ0) is 16.1. The number of aromatic nitrogens is 1. The molecule has 23 heavy (non-hydrogen) atoms. The fraction of sp³-hybridized carbons (Fsp3) is 0.500. The highest BCUT2D eigenvalue weighted by Crippen LogP contribution is 2.52. The first-order valence-electron chi connectivity index (χ1n) is 7.66. The second kappa shape index (κ2) is 5.04. The number of fused-ring (bicyclic) bond motifs is 5. The molecule has 1 aromatic heterocycles. The number of allylic oxidation sites excluding steroid dienone is 2. The quantitative estimate of drug-likeness (QED) is 0.464. The third kappa shape index (κ3) is 2.18. The standard InChI is InChI=1S/C16H16N2O5/c1-8-4-11(23-17-8)7-22-12(19)6-18-15(20)13-9-2-3-10(5-9)14(13)16(18)21/h2-4,9-10,13-14H,5-7H2,1H3/t9-,10-,13-,14-/m0/s1. The minimum Gasteiger partial charge on any atom is -0.456 e. The van der Waals surface area contributed by atoms with Crippen molar-refractivity contribution in [2.45, 2.75) is 20.0 Å². The third-order valence-electron chi connectivity index (χ3n) is 4.90. The molecule has 0 spiro atoms. The van der Waals surface area contributed by atoms with Crippen LogP contribution < -0.4 is 0 Å². The van der Waals surface area contributed by atoms with Gasteiger partial charge in [0.05, 0.1) is 17.5 Å². The molecule has 3 aliphatic rings. The number of hydrogen-bond acceptors (Lipinski definition) is 6. The zero-order valence-corrected chi connectivity index (χ0v) is 12.6. The van der Waals surface area contributed by atoms with Crippen molar-refractivity contribution in [1.29, 1.82) is 0 Å². The van der Waals surface area contributed by atoms with Gasteiger partial charge in [-0.2, -0.15) is 0 Å². The highest BCUT2D eigenvalue weighted by molar-refractivity contribution is 6.08. The summed E-state index contributed by atoms with van der Waals surface area (Å²) in [5.74, 6) is -0.993. The van der Waals surface area contributed by atoms with Crippen LogP contribution in [-0.2, 0) is 25.7 Å². The van der Waals surface area contributed by atoms with E-state index >= 15 is 0 Å². The predicted molar refractivity (Wildman–Crippen MR) is 75.5 cm³/mol. The summed E-state index contributed by atoms with van der Waals surface area (Å²) in [5.41, 5.74) is 0.691. The molecule has 2 amide bonds. The summed E-state index contributed by atoms with van der Waals surface area (Å²) in [6, 6.07) is 1.66. The Labute approximate surface area is 132 Å². The first-order valence-corrected chi connectivity index (χ1v) is 7.66. The van der Waals surface area contributed by atoms with Gasteiger partial charge in [0.25, 0.3) is 0 Å². The molecule has 2 aliphatic carbocycles. The number of hydrogen-bond donors (Lipinski definition) is 0. The van der Waals surface area contributed by atoms with Crippen molar-refractivity contribution in [1.82, 2.24) is 10.1 Å². The lowest BCUT2D eigenvalue weighted by Gasteiger charge is -2.15. The maximum atomic E-state index is 12.4. The molecule has 4 atom stereocenters. The van der Waals surface area contributed by atoms with Gasteiger partial charge in [-0.1, -0.05) is 17.3 Å². The van der Waals surface area contributed by atoms with E-state index in [0.29, 0.717) is 11.5 Å². The van der Waals surface area contributed by atoms with Crippen LogP contribution in [0.2, 0.25) is 0 Å². The molecule has 0 unspecified atom stereocenters. The van der Waals surface area contributed by atoms with Crippen LogP contribution in [0.15, 0.2) is 22.7 Å². The van der Waals surface area contributed by atoms with Crippen molar-refractivity contribution in [3.8, 4) is 0 Å². The van der Waals surface area contributed by atoms with E-state index in [1.54, 1.807) is 13.0 Å². The Kier molecular flexibility index (Phi) is 3.11. The molecule has 120 valence electrons. The van der Waals surface area contributed by atoms with E-state index < -0.39 is 5.97 Å². The Hall–Kier alpha value is -2.44. The number of carbonyl (C=O) groups excluding carboxylic acids is 3. The van der Waals surface area contributed by atoms with Gasteiger partial charge in [-0.05, 0) is 25.2 Å². The third-order valence-corrected chi connectivity index (χ3v) is 4.90. The van der Waals surface area contributed by atoms with Gasteiger partial charge in [0.2, 0.25) is 11.8 Å². The lowest BCUT2D eigenvalue weighted by Crippen LogP contribution is -2.37. The summed E-state index contributed by atoms with van der Waals surface area (Å²) in [5, 5.41) is 3.69. The fourth-order valence-electron chi connectivity index (χ4n) is 3.93. The topological polar surface area (TPSA) is 89.7 Å². The molecule has 0 radical (unpaired) electrons. The molecule has 4 rings (SSSR count). The molecule has 2 bridgehead atoms. The van der Waals surface area contributed by atoms with Crippen LogP contribution in [0, 0.1) is 30.6 Å². The monoisotopic (exact) mass is 316 g/mol. The van der Waals surface area contributed by atoms with Gasteiger partial charge in [0.1, 0.15) is 6.54 Å². The second-order valence-electron chi connectivity index (χ2n) is 6.36. The fourth-order valence-corrected chi connectivity index (χ4v) is 3.93. The van der Waals surface area contributed by atoms with Crippen molar-refractivity contribution in [3.05, 3.63) is 29.7 Å². The van der Waals surface area contributed by atoms with Crippen molar-refractivity contribution in [2.24, 2.45) is 23.7 Å². The lowest BCUT2D eigenvalue weighted by atomic mass is 9.85. The molecule has 0 N–H and O–H groups in total. The van der Waals surface area contributed by atoms with E-state index in [4.69, 9.17) is 9.26 Å². The SMILES string of the molecule is Cc1cc(COC(=O)CN2C(=O)[C@@H]3[C@@H](C2=O)[C@H]2C=C[C@H]3C2)on1. The number of imide groups is 1. The molecule has 1 aliphatic heterocycles. The molecule has 2 fully saturated rings. The van der Waals surface area contributed by atoms with Crippen LogP contribution in [0.1, 0.15) is 17.9 Å². The molecule has 2 heterocycles. The Morgan fingerprint density at radius 2 is 1.96 bits per heavy atom. The van der Waals surface area contributed by atoms with E-state index in [0.717, 1.165) is 11.3 Å². The summed E-state index contributed by atoms with van der Waals surface area (Å²) >= 11 is 0. The van der Waals surface area contributed by atoms with Gasteiger partial charge in [0, 0.05) is 6.07 Å². The van der Waals surface area contributed by atoms with E-state index in [1.165, 1.54) is 0 Å². The summed E-state index contributed by atoms with van der Waals surface area (Å²) in [6.07, 6.45) is 4.91. The van der Waals surface area contributed by atoms with Gasteiger partial charge >= 0.3 is 5.97 Å². The Bertz CT molecular complexity index is 692. The maximum absolute atomic E-state index is 12.4. The highest BCUT2D eigenvalue weighted by atomic mass is 16.5. The van der Waals surface area contributed by atoms with E-state index in [-0.39, 0.29) is 48.6 Å². The zero-order valence-electron chi connectivity index (χ0n) is 12.6. The van der Waals surface area contributed by atoms with Crippen LogP contribution >= 0.6 is 0 Å². The molecule has 1 saturated heterocycles. The molecule has 0 aromatic carbocycles. The van der Waals surface area contributed by atoms with Crippen molar-refractivity contribution in [2.75, 3.05) is 6.54 Å². The number of carbonyl (C=O) groups is 3. The van der Waals surface area contributed by atoms with Crippen LogP contribution in [-0.4, -0.2) is 34.4 Å². The number of ether oxygens (including phenoxy) is 1. The van der Waals surface area contributed by atoms with E-state index in [1.807, 2.05) is 12.2 Å². The molecule has 7 heteroatoms. The largest absolute Gasteiger partial charge is 0.456 e. The number of esters is 1. The number of rotatable bonds is 4. The Morgan fingerprint density at radius 1 is 1.30 bits per heavy atom. The minimum absolute atomic E-state index is 0.0600. The van der Waals surface area contributed by atoms with Gasteiger partial charge in [0.15, 0.2) is 12.4 Å². The van der Waals surface area contributed by atoms with Gasteiger partial charge < -0.3 is 9.26 Å². The van der Waals surface area contributed by atoms with Gasteiger partial charge in [-0.25, -0.2) is 0 Å². The minimum atomic E-state index is -0.624. The predicted octanol–water partition coefficient (Wildman–Crippen LogP) is 0.833. The lowest BCUT2D eigenvalue weighted by molar-refractivity contribution is -0.154. The summed E-state index contributed by atoms with van der Waals surface area (Å²) in [6.45, 7) is 1.37. The summed E-state index contributed by atoms with van der Waals surface area (Å²) in [4.78, 5) is 37.8. The smallest absolute Gasteiger partial charge is 0.326 e. The molecular formula is C16H16N2O5. The molecule has 7 nitrogen and oxygen atoms in total. The number of likely N-dealkylation sites (tertiary alicyclic amines) is 1. The van der Waals surface area contributed by atoms with Crippen LogP contribution in [0.3, 0.4) is 0 Å². The Balaban J connectivity index is 1.38. The maximum Gasteiger partial charge on any atom is 0.326 e. The number of aryl methyl sites for hydroxylation is 1. The van der Waals surface area contributed by atoms with Crippen molar-refractivity contribution < 1.29 is 23.6 Å². The molecular weight excluding hydrogens is 300 g/mol. The average molecular weight is 316 g/mol. The summed E-state index contributed by atoms with van der Waals surface area (Å²) in [7, 11) is 0. The Morgan fingerprint density at radius 3 is 2.52 bits per heavy atom. The van der Waals surface area contributed by atoms with Crippen LogP contribution in [0.25, 0.3) is 0 Å². The van der Waals surface area contributed by atoms with Crippen LogP contribution in [0.4, 0.5) is 0 Å². The van der Waals surface area contributed by atoms with Crippen molar-refractivity contribution in [3.63, 3.8) is 0 Å². The van der Waals surface area contributed by atoms with E-state index in [2.05, 4.69) is 5.16 Å². The average Bonchev–Trinajstić information content (AvgIpc) is 3.27. The number of amides is 2. The highest BCUT2D eigenvalue weighted by Gasteiger charge is 2.59.